The predicted octanol–water partition coefficient (Wildman–Crippen LogP) is 1.94. The fourth-order valence-electron chi connectivity index (χ4n) is 1.72. The van der Waals surface area contributed by atoms with E-state index in [4.69, 9.17) is 10.5 Å². The van der Waals surface area contributed by atoms with E-state index in [9.17, 15) is 4.79 Å². The van der Waals surface area contributed by atoms with E-state index in [1.165, 1.54) is 6.92 Å². The van der Waals surface area contributed by atoms with Gasteiger partial charge in [-0.2, -0.15) is 0 Å². The highest BCUT2D eigenvalue weighted by Gasteiger charge is 2.09. The third-order valence-corrected chi connectivity index (χ3v) is 2.73. The molecule has 0 aliphatic heterocycles. The zero-order valence-corrected chi connectivity index (χ0v) is 10.7. The van der Waals surface area contributed by atoms with E-state index >= 15 is 0 Å². The second-order valence-electron chi connectivity index (χ2n) is 3.90. The molecule has 1 aromatic rings. The minimum absolute atomic E-state index is 0.00727. The number of rotatable bonds is 6. The molecule has 0 amide bonds. The molecule has 0 saturated carbocycles. The van der Waals surface area contributed by atoms with E-state index in [2.05, 4.69) is 11.8 Å². The lowest BCUT2D eigenvalue weighted by Crippen LogP contribution is -2.27. The van der Waals surface area contributed by atoms with Crippen molar-refractivity contribution in [3.8, 4) is 0 Å². The monoisotopic (exact) mass is 236 g/mol. The first-order valence-electron chi connectivity index (χ1n) is 5.74. The third kappa shape index (κ3) is 3.46. The molecule has 0 radical (unpaired) electrons. The maximum Gasteiger partial charge on any atom is 0.161 e. The van der Waals surface area contributed by atoms with Crippen molar-refractivity contribution >= 4 is 17.2 Å². The van der Waals surface area contributed by atoms with Gasteiger partial charge in [-0.05, 0) is 32.0 Å². The molecule has 0 aliphatic carbocycles. The van der Waals surface area contributed by atoms with E-state index in [0.29, 0.717) is 17.9 Å². The molecule has 0 spiro atoms. The normalized spacial score (nSPS) is 10.3. The Bertz CT molecular complexity index is 391. The molecule has 0 unspecified atom stereocenters. The van der Waals surface area contributed by atoms with E-state index < -0.39 is 0 Å². The lowest BCUT2D eigenvalue weighted by atomic mass is 10.1. The second-order valence-corrected chi connectivity index (χ2v) is 3.90. The lowest BCUT2D eigenvalue weighted by molar-refractivity contribution is 0.101. The van der Waals surface area contributed by atoms with Gasteiger partial charge in [-0.25, -0.2) is 0 Å². The summed E-state index contributed by atoms with van der Waals surface area (Å²) in [7, 11) is 1.68. The van der Waals surface area contributed by atoms with Gasteiger partial charge in [0, 0.05) is 37.1 Å². The van der Waals surface area contributed by atoms with Crippen LogP contribution in [0.3, 0.4) is 0 Å². The van der Waals surface area contributed by atoms with Crippen LogP contribution in [-0.4, -0.2) is 32.6 Å². The maximum absolute atomic E-state index is 11.4. The molecule has 4 nitrogen and oxygen atoms in total. The van der Waals surface area contributed by atoms with Gasteiger partial charge in [-0.3, -0.25) is 4.79 Å². The largest absolute Gasteiger partial charge is 0.398 e. The summed E-state index contributed by atoms with van der Waals surface area (Å²) in [5, 5.41) is 0. The maximum atomic E-state index is 11.4. The van der Waals surface area contributed by atoms with Crippen LogP contribution in [0.5, 0.6) is 0 Å². The Morgan fingerprint density at radius 3 is 2.71 bits per heavy atom. The Morgan fingerprint density at radius 1 is 1.47 bits per heavy atom. The number of carbonyl (C=O) groups is 1. The second kappa shape index (κ2) is 6.25. The van der Waals surface area contributed by atoms with Crippen LogP contribution in [0.1, 0.15) is 24.2 Å². The van der Waals surface area contributed by atoms with Crippen LogP contribution in [0.25, 0.3) is 0 Å². The molecule has 4 heteroatoms. The van der Waals surface area contributed by atoms with Gasteiger partial charge in [0.15, 0.2) is 5.78 Å². The lowest BCUT2D eigenvalue weighted by Gasteiger charge is -2.23. The highest BCUT2D eigenvalue weighted by atomic mass is 16.5. The number of nitrogens with two attached hydrogens (primary N) is 1. The van der Waals surface area contributed by atoms with Gasteiger partial charge >= 0.3 is 0 Å². The molecule has 17 heavy (non-hydrogen) atoms. The predicted molar refractivity (Wildman–Crippen MR) is 70.6 cm³/mol. The van der Waals surface area contributed by atoms with Crippen molar-refractivity contribution in [3.05, 3.63) is 23.8 Å². The summed E-state index contributed by atoms with van der Waals surface area (Å²) in [5.74, 6) is -0.00727. The van der Waals surface area contributed by atoms with Gasteiger partial charge < -0.3 is 15.4 Å². The highest BCUT2D eigenvalue weighted by Crippen LogP contribution is 2.21. The van der Waals surface area contributed by atoms with Crippen molar-refractivity contribution in [1.82, 2.24) is 0 Å². The Kier molecular flexibility index (Phi) is 4.97. The van der Waals surface area contributed by atoms with Crippen LogP contribution in [0.4, 0.5) is 11.4 Å². The quantitative estimate of drug-likeness (QED) is 0.606. The number of anilines is 2. The van der Waals surface area contributed by atoms with Crippen LogP contribution >= 0.6 is 0 Å². The number of ether oxygens (including phenoxy) is 1. The number of hydrogen-bond acceptors (Lipinski definition) is 4. The van der Waals surface area contributed by atoms with Crippen molar-refractivity contribution in [2.75, 3.05) is 37.4 Å². The Morgan fingerprint density at radius 2 is 2.18 bits per heavy atom. The summed E-state index contributed by atoms with van der Waals surface area (Å²) < 4.78 is 5.06. The van der Waals surface area contributed by atoms with Crippen LogP contribution in [0.2, 0.25) is 0 Å². The van der Waals surface area contributed by atoms with Gasteiger partial charge in [0.2, 0.25) is 0 Å². The zero-order chi connectivity index (χ0) is 12.8. The SMILES string of the molecule is CCN(CCOC)c1ccc(N)c(C(C)=O)c1. The van der Waals surface area contributed by atoms with Gasteiger partial charge in [-0.1, -0.05) is 0 Å². The molecule has 0 saturated heterocycles. The summed E-state index contributed by atoms with van der Waals surface area (Å²) >= 11 is 0. The van der Waals surface area contributed by atoms with Crippen LogP contribution in [0, 0.1) is 0 Å². The first-order valence-corrected chi connectivity index (χ1v) is 5.74. The van der Waals surface area contributed by atoms with E-state index in [1.54, 1.807) is 13.2 Å². The van der Waals surface area contributed by atoms with Crippen molar-refractivity contribution < 1.29 is 9.53 Å². The summed E-state index contributed by atoms with van der Waals surface area (Å²) in [6.45, 7) is 5.92. The first-order chi connectivity index (χ1) is 8.10. The van der Waals surface area contributed by atoms with Gasteiger partial charge in [0.25, 0.3) is 0 Å². The summed E-state index contributed by atoms with van der Waals surface area (Å²) in [4.78, 5) is 13.6. The van der Waals surface area contributed by atoms with Gasteiger partial charge in [0.1, 0.15) is 0 Å². The number of hydrogen-bond donors (Lipinski definition) is 1. The molecule has 0 aromatic heterocycles. The van der Waals surface area contributed by atoms with Crippen molar-refractivity contribution in [2.45, 2.75) is 13.8 Å². The standard InChI is InChI=1S/C13H20N2O2/c1-4-15(7-8-17-3)11-5-6-13(14)12(9-11)10(2)16/h5-6,9H,4,7-8,14H2,1-3H3. The minimum Gasteiger partial charge on any atom is -0.398 e. The first kappa shape index (κ1) is 13.5. The van der Waals surface area contributed by atoms with Crippen LogP contribution in [0.15, 0.2) is 18.2 Å². The van der Waals surface area contributed by atoms with E-state index in [1.807, 2.05) is 12.1 Å². The number of nitrogen functional groups attached to an aromatic ring is 1. The number of benzene rings is 1. The van der Waals surface area contributed by atoms with Crippen LogP contribution < -0.4 is 10.6 Å². The van der Waals surface area contributed by atoms with Crippen molar-refractivity contribution in [3.63, 3.8) is 0 Å². The number of likely N-dealkylation sites (N-methyl/N-ethyl adjacent to an activating group) is 1. The molecule has 1 rings (SSSR count). The van der Waals surface area contributed by atoms with E-state index in [-0.39, 0.29) is 5.78 Å². The molecule has 0 fully saturated rings. The summed E-state index contributed by atoms with van der Waals surface area (Å²) in [6, 6.07) is 5.55. The van der Waals surface area contributed by atoms with Crippen molar-refractivity contribution in [2.24, 2.45) is 0 Å². The number of methoxy groups -OCH3 is 1. The van der Waals surface area contributed by atoms with Crippen LogP contribution in [-0.2, 0) is 4.74 Å². The number of ketones is 1. The molecule has 1 aromatic carbocycles. The molecule has 0 bridgehead atoms. The topological polar surface area (TPSA) is 55.6 Å². The molecule has 0 atom stereocenters. The molecular weight excluding hydrogens is 216 g/mol. The zero-order valence-electron chi connectivity index (χ0n) is 10.7. The van der Waals surface area contributed by atoms with E-state index in [0.717, 1.165) is 18.8 Å². The van der Waals surface area contributed by atoms with Gasteiger partial charge in [0.05, 0.1) is 6.61 Å². The molecular formula is C13H20N2O2. The fraction of sp³-hybridized carbons (Fsp3) is 0.462. The van der Waals surface area contributed by atoms with Crippen molar-refractivity contribution in [1.29, 1.82) is 0 Å². The Labute approximate surface area is 102 Å². The summed E-state index contributed by atoms with van der Waals surface area (Å²) in [6.07, 6.45) is 0. The minimum atomic E-state index is -0.00727. The average Bonchev–Trinajstić information content (AvgIpc) is 2.31. The molecule has 2 N–H and O–H groups in total. The molecule has 0 heterocycles. The summed E-state index contributed by atoms with van der Waals surface area (Å²) in [5.41, 5.74) is 7.89. The third-order valence-electron chi connectivity index (χ3n) is 2.73. The smallest absolute Gasteiger partial charge is 0.161 e. The molecule has 0 aliphatic rings. The number of nitrogens with zero attached hydrogens (tertiary/aromatic N) is 1. The van der Waals surface area contributed by atoms with Gasteiger partial charge in [-0.15, -0.1) is 0 Å². The highest BCUT2D eigenvalue weighted by molar-refractivity contribution is 6.00. The number of carbonyl (C=O) groups excluding carboxylic acids is 1. The molecule has 94 valence electrons. The average molecular weight is 236 g/mol. The fourth-order valence-corrected chi connectivity index (χ4v) is 1.72. The number of Topliss-reactive ketones (excluding diaryl/α,β-unsaturated/α-hetero) is 1. The Hall–Kier alpha value is -1.55. The Balaban J connectivity index is 2.96.